The van der Waals surface area contributed by atoms with Crippen LogP contribution in [-0.4, -0.2) is 29.6 Å². The quantitative estimate of drug-likeness (QED) is 0.313. The third kappa shape index (κ3) is 5.29. The van der Waals surface area contributed by atoms with E-state index in [9.17, 15) is 4.79 Å². The highest BCUT2D eigenvalue weighted by Gasteiger charge is 2.07. The molecule has 0 spiro atoms. The lowest BCUT2D eigenvalue weighted by molar-refractivity contribution is 0.0954. The molecule has 1 amide bonds. The van der Waals surface area contributed by atoms with E-state index in [1.165, 1.54) is 0 Å². The second-order valence-electron chi connectivity index (χ2n) is 4.29. The summed E-state index contributed by atoms with van der Waals surface area (Å²) in [6, 6.07) is 6.94. The molecular weight excluding hydrogens is 246 g/mol. The summed E-state index contributed by atoms with van der Waals surface area (Å²) in [7, 11) is 0. The third-order valence-corrected chi connectivity index (χ3v) is 2.26. The monoisotopic (exact) mass is 265 g/mol. The van der Waals surface area contributed by atoms with Gasteiger partial charge in [0.2, 0.25) is 0 Å². The zero-order chi connectivity index (χ0) is 14.3. The van der Waals surface area contributed by atoms with Crippen molar-refractivity contribution in [3.8, 4) is 5.75 Å². The first-order chi connectivity index (χ1) is 9.02. The van der Waals surface area contributed by atoms with Crippen LogP contribution >= 0.6 is 0 Å². The minimum absolute atomic E-state index is 0.0545. The molecule has 4 N–H and O–H groups in total. The molecule has 1 aromatic rings. The van der Waals surface area contributed by atoms with Crippen molar-refractivity contribution in [1.82, 2.24) is 5.32 Å². The second kappa shape index (κ2) is 7.25. The van der Waals surface area contributed by atoms with Crippen molar-refractivity contribution in [2.45, 2.75) is 26.4 Å². The number of ether oxygens (including phenoxy) is 1. The van der Waals surface area contributed by atoms with E-state index in [0.717, 1.165) is 0 Å². The van der Waals surface area contributed by atoms with E-state index in [4.69, 9.17) is 15.7 Å². The summed E-state index contributed by atoms with van der Waals surface area (Å²) >= 11 is 0. The Balaban J connectivity index is 2.57. The lowest BCUT2D eigenvalue weighted by atomic mass is 10.2. The number of carbonyl (C=O) groups is 1. The molecule has 0 atom stereocenters. The van der Waals surface area contributed by atoms with Gasteiger partial charge in [-0.25, -0.2) is 0 Å². The molecule has 0 aromatic heterocycles. The van der Waals surface area contributed by atoms with Gasteiger partial charge in [0, 0.05) is 18.5 Å². The maximum absolute atomic E-state index is 11.8. The van der Waals surface area contributed by atoms with Crippen molar-refractivity contribution >= 4 is 11.7 Å². The summed E-state index contributed by atoms with van der Waals surface area (Å²) in [4.78, 5) is 11.8. The van der Waals surface area contributed by atoms with Gasteiger partial charge in [-0.05, 0) is 32.0 Å². The van der Waals surface area contributed by atoms with E-state index in [1.807, 2.05) is 13.8 Å². The summed E-state index contributed by atoms with van der Waals surface area (Å²) in [5.41, 5.74) is 5.82. The number of rotatable bonds is 6. The minimum atomic E-state index is -0.222. The highest BCUT2D eigenvalue weighted by atomic mass is 16.5. The molecule has 0 aliphatic rings. The molecule has 0 bridgehead atoms. The zero-order valence-electron chi connectivity index (χ0n) is 11.1. The van der Waals surface area contributed by atoms with Crippen LogP contribution in [0.15, 0.2) is 29.4 Å². The Morgan fingerprint density at radius 2 is 2.26 bits per heavy atom. The number of hydrogen-bond donors (Lipinski definition) is 3. The van der Waals surface area contributed by atoms with Gasteiger partial charge in [0.05, 0.1) is 6.10 Å². The number of amidine groups is 1. The number of carbonyl (C=O) groups excluding carboxylic acids is 1. The largest absolute Gasteiger partial charge is 0.491 e. The predicted molar refractivity (Wildman–Crippen MR) is 72.6 cm³/mol. The van der Waals surface area contributed by atoms with E-state index in [-0.39, 0.29) is 17.8 Å². The number of nitrogens with zero attached hydrogens (tertiary/aromatic N) is 1. The van der Waals surface area contributed by atoms with Gasteiger partial charge < -0.3 is 21.0 Å². The molecular formula is C13H19N3O3. The first kappa shape index (κ1) is 14.8. The van der Waals surface area contributed by atoms with Crippen molar-refractivity contribution < 1.29 is 14.7 Å². The smallest absolute Gasteiger partial charge is 0.251 e. The molecule has 1 aromatic carbocycles. The van der Waals surface area contributed by atoms with Crippen LogP contribution in [-0.2, 0) is 0 Å². The number of benzene rings is 1. The second-order valence-corrected chi connectivity index (χ2v) is 4.29. The molecule has 1 rings (SSSR count). The highest BCUT2D eigenvalue weighted by Crippen LogP contribution is 2.14. The molecule has 0 unspecified atom stereocenters. The molecule has 6 nitrogen and oxygen atoms in total. The normalized spacial score (nSPS) is 11.4. The van der Waals surface area contributed by atoms with Crippen molar-refractivity contribution in [3.05, 3.63) is 29.8 Å². The third-order valence-electron chi connectivity index (χ3n) is 2.26. The van der Waals surface area contributed by atoms with Gasteiger partial charge in [-0.15, -0.1) is 0 Å². The van der Waals surface area contributed by atoms with Gasteiger partial charge in [0.1, 0.15) is 11.6 Å². The summed E-state index contributed by atoms with van der Waals surface area (Å²) in [5, 5.41) is 13.9. The molecule has 0 heterocycles. The van der Waals surface area contributed by atoms with Crippen LogP contribution in [0.2, 0.25) is 0 Å². The van der Waals surface area contributed by atoms with Crippen molar-refractivity contribution in [2.24, 2.45) is 10.9 Å². The number of hydrogen-bond acceptors (Lipinski definition) is 4. The summed E-state index contributed by atoms with van der Waals surface area (Å²) in [6.45, 7) is 4.15. The fraction of sp³-hybridized carbons (Fsp3) is 0.385. The van der Waals surface area contributed by atoms with E-state index in [0.29, 0.717) is 24.3 Å². The average molecular weight is 265 g/mol. The van der Waals surface area contributed by atoms with Gasteiger partial charge in [-0.1, -0.05) is 11.2 Å². The van der Waals surface area contributed by atoms with Crippen LogP contribution in [0, 0.1) is 0 Å². The zero-order valence-corrected chi connectivity index (χ0v) is 11.1. The van der Waals surface area contributed by atoms with Gasteiger partial charge >= 0.3 is 0 Å². The van der Waals surface area contributed by atoms with Crippen molar-refractivity contribution in [2.75, 3.05) is 6.54 Å². The van der Waals surface area contributed by atoms with Gasteiger partial charge in [-0.2, -0.15) is 0 Å². The Morgan fingerprint density at radius 3 is 2.89 bits per heavy atom. The SMILES string of the molecule is CC(C)Oc1cccc(C(=O)NCCC(N)=NO)c1. The van der Waals surface area contributed by atoms with E-state index in [2.05, 4.69) is 10.5 Å². The topological polar surface area (TPSA) is 96.9 Å². The molecule has 19 heavy (non-hydrogen) atoms. The van der Waals surface area contributed by atoms with Crippen LogP contribution in [0.3, 0.4) is 0 Å². The fourth-order valence-electron chi connectivity index (χ4n) is 1.44. The molecule has 0 aliphatic carbocycles. The molecule has 104 valence electrons. The van der Waals surface area contributed by atoms with Crippen LogP contribution in [0.25, 0.3) is 0 Å². The molecule has 6 heteroatoms. The first-order valence-corrected chi connectivity index (χ1v) is 6.04. The average Bonchev–Trinajstić information content (AvgIpc) is 2.37. The van der Waals surface area contributed by atoms with Crippen LogP contribution in [0.5, 0.6) is 5.75 Å². The lowest BCUT2D eigenvalue weighted by Crippen LogP contribution is -2.28. The Morgan fingerprint density at radius 1 is 1.53 bits per heavy atom. The van der Waals surface area contributed by atoms with Crippen LogP contribution in [0.4, 0.5) is 0 Å². The number of oxime groups is 1. The van der Waals surface area contributed by atoms with E-state index < -0.39 is 0 Å². The predicted octanol–water partition coefficient (Wildman–Crippen LogP) is 1.34. The Labute approximate surface area is 112 Å². The van der Waals surface area contributed by atoms with Crippen molar-refractivity contribution in [1.29, 1.82) is 0 Å². The van der Waals surface area contributed by atoms with Crippen LogP contribution in [0.1, 0.15) is 30.6 Å². The Kier molecular flexibility index (Phi) is 5.66. The Hall–Kier alpha value is -2.24. The standard InChI is InChI=1S/C13H19N3O3/c1-9(2)19-11-5-3-4-10(8-11)13(17)15-7-6-12(14)16-18/h3-5,8-9,18H,6-7H2,1-2H3,(H2,14,16)(H,15,17). The molecule has 0 saturated carbocycles. The maximum atomic E-state index is 11.8. The van der Waals surface area contributed by atoms with Gasteiger partial charge in [0.25, 0.3) is 5.91 Å². The maximum Gasteiger partial charge on any atom is 0.251 e. The number of nitrogens with two attached hydrogens (primary N) is 1. The fourth-order valence-corrected chi connectivity index (χ4v) is 1.44. The minimum Gasteiger partial charge on any atom is -0.491 e. The summed E-state index contributed by atoms with van der Waals surface area (Å²) < 4.78 is 5.51. The molecule has 0 saturated heterocycles. The highest BCUT2D eigenvalue weighted by molar-refractivity contribution is 5.94. The number of nitrogens with one attached hydrogen (secondary N) is 1. The van der Waals surface area contributed by atoms with Crippen LogP contribution < -0.4 is 15.8 Å². The van der Waals surface area contributed by atoms with Crippen molar-refractivity contribution in [3.63, 3.8) is 0 Å². The number of amides is 1. The van der Waals surface area contributed by atoms with E-state index in [1.54, 1.807) is 24.3 Å². The van der Waals surface area contributed by atoms with Gasteiger partial charge in [0.15, 0.2) is 0 Å². The Bertz CT molecular complexity index is 458. The van der Waals surface area contributed by atoms with Gasteiger partial charge in [-0.3, -0.25) is 4.79 Å². The molecule has 0 aliphatic heterocycles. The molecule has 0 fully saturated rings. The summed E-state index contributed by atoms with van der Waals surface area (Å²) in [6.07, 6.45) is 0.351. The summed E-state index contributed by atoms with van der Waals surface area (Å²) in [5.74, 6) is 0.510. The lowest BCUT2D eigenvalue weighted by Gasteiger charge is -2.11. The van der Waals surface area contributed by atoms with E-state index >= 15 is 0 Å². The molecule has 0 radical (unpaired) electrons. The first-order valence-electron chi connectivity index (χ1n) is 6.04.